The number of rotatable bonds is 5. The number of hydrogen-bond acceptors (Lipinski definition) is 4. The zero-order valence-corrected chi connectivity index (χ0v) is 12.4. The van der Waals surface area contributed by atoms with Gasteiger partial charge in [-0.25, -0.2) is 4.79 Å². The Kier molecular flexibility index (Phi) is 16.7. The van der Waals surface area contributed by atoms with E-state index in [2.05, 4.69) is 0 Å². The fourth-order valence-corrected chi connectivity index (χ4v) is 0.714. The summed E-state index contributed by atoms with van der Waals surface area (Å²) in [5, 5.41) is 33.8. The second kappa shape index (κ2) is 10.5. The molecule has 0 heterocycles. The number of carboxylic acids is 3. The van der Waals surface area contributed by atoms with Crippen LogP contribution < -0.4 is 29.6 Å². The van der Waals surface area contributed by atoms with Crippen molar-refractivity contribution in [3.05, 3.63) is 0 Å². The first-order valence-corrected chi connectivity index (χ1v) is 3.17. The molecule has 0 bridgehead atoms. The summed E-state index contributed by atoms with van der Waals surface area (Å²) in [6, 6.07) is 0. The van der Waals surface area contributed by atoms with Crippen molar-refractivity contribution in [3.8, 4) is 0 Å². The third-order valence-electron chi connectivity index (χ3n) is 1.29. The average Bonchev–Trinajstić information content (AvgIpc) is 1.82. The minimum absolute atomic E-state index is 0. The van der Waals surface area contributed by atoms with Gasteiger partial charge < -0.3 is 21.9 Å². The standard InChI is InChI=1S/C6H8O7.Ag.ClH.Na.H/c7-3(8)1-6(13,5(11)12)2-4(9)10;;;;/h13H,1-2H2,(H,7,8)(H,9,10)(H,11,12);;1H;;/q;;;+1;-1. The van der Waals surface area contributed by atoms with Gasteiger partial charge in [0.15, 0.2) is 5.60 Å². The van der Waals surface area contributed by atoms with Crippen LogP contribution in [0, 0.1) is 0 Å². The van der Waals surface area contributed by atoms with Crippen LogP contribution in [0.1, 0.15) is 14.3 Å². The minimum Gasteiger partial charge on any atom is -1.00 e. The third kappa shape index (κ3) is 9.61. The molecule has 0 spiro atoms. The molecule has 10 heteroatoms. The van der Waals surface area contributed by atoms with E-state index in [1.807, 2.05) is 0 Å². The van der Waals surface area contributed by atoms with Crippen LogP contribution >= 0.6 is 12.4 Å². The van der Waals surface area contributed by atoms with Crippen molar-refractivity contribution in [3.63, 3.8) is 0 Å². The van der Waals surface area contributed by atoms with Gasteiger partial charge in [-0.15, -0.1) is 12.4 Å². The van der Waals surface area contributed by atoms with E-state index in [9.17, 15) is 14.4 Å². The molecule has 0 unspecified atom stereocenters. The molecule has 0 aliphatic heterocycles. The van der Waals surface area contributed by atoms with Crippen molar-refractivity contribution in [2.24, 2.45) is 0 Å². The van der Waals surface area contributed by atoms with E-state index in [0.29, 0.717) is 0 Å². The summed E-state index contributed by atoms with van der Waals surface area (Å²) in [6.07, 6.45) is -2.29. The molecule has 1 radical (unpaired) electrons. The van der Waals surface area contributed by atoms with Crippen molar-refractivity contribution in [1.29, 1.82) is 0 Å². The maximum absolute atomic E-state index is 10.3. The molecule has 0 atom stereocenters. The summed E-state index contributed by atoms with van der Waals surface area (Å²) < 4.78 is 0. The van der Waals surface area contributed by atoms with Gasteiger partial charge in [-0.3, -0.25) is 9.59 Å². The maximum Gasteiger partial charge on any atom is 1.00 e. The first kappa shape index (κ1) is 25.3. The Bertz CT molecular complexity index is 249. The van der Waals surface area contributed by atoms with Crippen molar-refractivity contribution >= 4 is 30.3 Å². The summed E-state index contributed by atoms with van der Waals surface area (Å²) in [5.74, 6) is -5.02. The van der Waals surface area contributed by atoms with Gasteiger partial charge in [-0.1, -0.05) is 0 Å². The van der Waals surface area contributed by atoms with Gasteiger partial charge >= 0.3 is 47.5 Å². The molecule has 0 aliphatic carbocycles. The summed E-state index contributed by atoms with van der Waals surface area (Å²) in [5.41, 5.74) is -2.74. The number of carboxylic acid groups (broad SMARTS) is 3. The summed E-state index contributed by atoms with van der Waals surface area (Å²) in [4.78, 5) is 30.5. The van der Waals surface area contributed by atoms with Gasteiger partial charge in [0.1, 0.15) is 0 Å². The summed E-state index contributed by atoms with van der Waals surface area (Å²) >= 11 is 0. The van der Waals surface area contributed by atoms with Crippen LogP contribution in [-0.4, -0.2) is 43.9 Å². The van der Waals surface area contributed by atoms with Crippen molar-refractivity contribution in [1.82, 2.24) is 0 Å². The van der Waals surface area contributed by atoms with Crippen LogP contribution in [0.3, 0.4) is 0 Å². The molecule has 0 saturated carbocycles. The van der Waals surface area contributed by atoms with Gasteiger partial charge in [0.2, 0.25) is 0 Å². The van der Waals surface area contributed by atoms with Crippen LogP contribution in [-0.2, 0) is 36.8 Å². The van der Waals surface area contributed by atoms with Gasteiger partial charge in [0, 0.05) is 22.4 Å². The zero-order chi connectivity index (χ0) is 10.6. The average molecular weight is 360 g/mol. The first-order chi connectivity index (χ1) is 5.78. The Morgan fingerprint density at radius 2 is 1.25 bits per heavy atom. The van der Waals surface area contributed by atoms with E-state index >= 15 is 0 Å². The smallest absolute Gasteiger partial charge is 1.00 e. The van der Waals surface area contributed by atoms with Crippen molar-refractivity contribution < 1.29 is 88.2 Å². The zero-order valence-electron chi connectivity index (χ0n) is 9.14. The van der Waals surface area contributed by atoms with Crippen LogP contribution in [0.4, 0.5) is 0 Å². The molecule has 0 saturated heterocycles. The predicted molar refractivity (Wildman–Crippen MR) is 45.5 cm³/mol. The third-order valence-corrected chi connectivity index (χ3v) is 1.29. The number of carbonyl (C=O) groups is 3. The number of aliphatic hydroxyl groups is 1. The Morgan fingerprint density at radius 1 is 1.00 bits per heavy atom. The Labute approximate surface area is 136 Å². The fourth-order valence-electron chi connectivity index (χ4n) is 0.714. The number of aliphatic carboxylic acids is 3. The molecule has 0 amide bonds. The van der Waals surface area contributed by atoms with Crippen molar-refractivity contribution in [2.45, 2.75) is 18.4 Å². The topological polar surface area (TPSA) is 132 Å². The molecule has 7 nitrogen and oxygen atoms in total. The van der Waals surface area contributed by atoms with E-state index in [1.54, 1.807) is 0 Å². The normalized spacial score (nSPS) is 8.81. The van der Waals surface area contributed by atoms with E-state index in [1.165, 1.54) is 0 Å². The van der Waals surface area contributed by atoms with Crippen molar-refractivity contribution in [2.75, 3.05) is 0 Å². The summed E-state index contributed by atoms with van der Waals surface area (Å²) in [7, 11) is 0. The molecular formula is C6H10AgClNaO7. The monoisotopic (exact) mass is 359 g/mol. The van der Waals surface area contributed by atoms with E-state index in [-0.39, 0.29) is 65.8 Å². The quantitative estimate of drug-likeness (QED) is 0.371. The number of hydrogen-bond donors (Lipinski definition) is 4. The van der Waals surface area contributed by atoms with Gasteiger partial charge in [-0.2, -0.15) is 0 Å². The van der Waals surface area contributed by atoms with Crippen LogP contribution in [0.15, 0.2) is 0 Å². The Balaban J connectivity index is -0.000000120. The molecule has 0 aromatic carbocycles. The van der Waals surface area contributed by atoms with E-state index in [4.69, 9.17) is 20.4 Å². The van der Waals surface area contributed by atoms with E-state index in [0.717, 1.165) is 0 Å². The maximum atomic E-state index is 10.3. The van der Waals surface area contributed by atoms with Gasteiger partial charge in [0.05, 0.1) is 12.8 Å². The minimum atomic E-state index is -2.74. The molecule has 4 N–H and O–H groups in total. The largest absolute Gasteiger partial charge is 1.00 e. The van der Waals surface area contributed by atoms with Crippen LogP contribution in [0.2, 0.25) is 0 Å². The second-order valence-electron chi connectivity index (χ2n) is 2.48. The molecule has 0 aromatic heterocycles. The predicted octanol–water partition coefficient (Wildman–Crippen LogP) is -3.71. The Morgan fingerprint density at radius 3 is 1.38 bits per heavy atom. The molecule has 0 rings (SSSR count). The Hall–Kier alpha value is 0.400. The van der Waals surface area contributed by atoms with Gasteiger partial charge in [-0.05, 0) is 0 Å². The molecule has 0 aliphatic rings. The van der Waals surface area contributed by atoms with Gasteiger partial charge in [0.25, 0.3) is 0 Å². The molecule has 0 aromatic rings. The molecule has 0 fully saturated rings. The summed E-state index contributed by atoms with van der Waals surface area (Å²) in [6.45, 7) is 0. The molecule has 16 heavy (non-hydrogen) atoms. The van der Waals surface area contributed by atoms with Crippen LogP contribution in [0.25, 0.3) is 0 Å². The number of halogens is 1. The fraction of sp³-hybridized carbons (Fsp3) is 0.500. The van der Waals surface area contributed by atoms with E-state index < -0.39 is 36.4 Å². The molecule has 95 valence electrons. The molecular weight excluding hydrogens is 350 g/mol. The first-order valence-electron chi connectivity index (χ1n) is 3.17. The second-order valence-corrected chi connectivity index (χ2v) is 2.48. The SMILES string of the molecule is Cl.O=C(O)CC(O)(CC(=O)O)C(=O)O.[Ag].[H-].[Na+]. The van der Waals surface area contributed by atoms with Crippen LogP contribution in [0.5, 0.6) is 0 Å².